The number of esters is 1. The number of carbonyl (C=O) groups is 1. The number of thioether (sulfide) groups is 1. The Morgan fingerprint density at radius 3 is 2.55 bits per heavy atom. The zero-order valence-corrected chi connectivity index (χ0v) is 28.1. The van der Waals surface area contributed by atoms with E-state index in [2.05, 4.69) is 79.4 Å². The number of hydrogen-bond donors (Lipinski definition) is 0. The maximum absolute atomic E-state index is 12.8. The molecule has 236 valence electrons. The van der Waals surface area contributed by atoms with Crippen LogP contribution in [0.25, 0.3) is 0 Å². The lowest BCUT2D eigenvalue weighted by molar-refractivity contribution is 0.0196. The number of nitrogens with zero attached hydrogens (tertiary/aromatic N) is 1. The maximum atomic E-state index is 12.8. The molecule has 0 unspecified atom stereocenters. The molecule has 1 aromatic heterocycles. The lowest BCUT2D eigenvalue weighted by atomic mass is 9.78. The van der Waals surface area contributed by atoms with Gasteiger partial charge in [-0.2, -0.15) is 0 Å². The van der Waals surface area contributed by atoms with E-state index in [4.69, 9.17) is 30.5 Å². The Morgan fingerprint density at radius 2 is 1.82 bits per heavy atom. The Kier molecular flexibility index (Phi) is 11.9. The summed E-state index contributed by atoms with van der Waals surface area (Å²) in [6.45, 7) is 9.77. The number of rotatable bonds is 14. The molecule has 1 fully saturated rings. The van der Waals surface area contributed by atoms with Crippen LogP contribution in [0.15, 0.2) is 76.7 Å². The second-order valence-corrected chi connectivity index (χ2v) is 14.4. The highest BCUT2D eigenvalue weighted by Crippen LogP contribution is 2.40. The molecule has 5 rings (SSSR count). The molecule has 2 aliphatic rings. The lowest BCUT2D eigenvalue weighted by Crippen LogP contribution is -2.38. The molecule has 2 heterocycles. The SMILES string of the molecule is COc1cc(COC[C@H]2CC=C(Cl)[C@@H]2CSc2ccc(C(C)(C)c3ccccc3)cc2)sc1C(=O)OCCN1CCOCC1. The van der Waals surface area contributed by atoms with Gasteiger partial charge in [0.2, 0.25) is 0 Å². The van der Waals surface area contributed by atoms with Gasteiger partial charge in [-0.1, -0.05) is 74.0 Å². The van der Waals surface area contributed by atoms with Gasteiger partial charge in [0.15, 0.2) is 4.88 Å². The average molecular weight is 656 g/mol. The van der Waals surface area contributed by atoms with E-state index in [-0.39, 0.29) is 17.3 Å². The molecule has 2 atom stereocenters. The topological polar surface area (TPSA) is 57.2 Å². The van der Waals surface area contributed by atoms with Crippen LogP contribution < -0.4 is 4.74 Å². The number of morpholine rings is 1. The minimum Gasteiger partial charge on any atom is -0.495 e. The third-order valence-electron chi connectivity index (χ3n) is 8.51. The van der Waals surface area contributed by atoms with E-state index in [0.717, 1.165) is 48.4 Å². The Morgan fingerprint density at radius 1 is 1.09 bits per heavy atom. The summed E-state index contributed by atoms with van der Waals surface area (Å²) in [6.07, 6.45) is 3.04. The number of hydrogen-bond acceptors (Lipinski definition) is 8. The van der Waals surface area contributed by atoms with Crippen LogP contribution in [0.3, 0.4) is 0 Å². The Labute approximate surface area is 274 Å². The number of benzene rings is 2. The molecule has 2 aromatic carbocycles. The normalized spacial score (nSPS) is 19.1. The van der Waals surface area contributed by atoms with Crippen molar-refractivity contribution in [2.45, 2.75) is 37.2 Å². The number of ether oxygens (including phenoxy) is 4. The second kappa shape index (κ2) is 15.8. The van der Waals surface area contributed by atoms with Crippen molar-refractivity contribution in [3.05, 3.63) is 92.7 Å². The first-order valence-corrected chi connectivity index (χ1v) is 17.4. The molecule has 3 aromatic rings. The molecular formula is C35H42ClNO5S2. The number of carbonyl (C=O) groups excluding carboxylic acids is 1. The first-order chi connectivity index (χ1) is 21.3. The molecule has 0 amide bonds. The molecule has 0 spiro atoms. The summed E-state index contributed by atoms with van der Waals surface area (Å²) in [5, 5.41) is 0.924. The lowest BCUT2D eigenvalue weighted by Gasteiger charge is -2.26. The standard InChI is InChI=1S/C35H42ClNO5S2/c1-35(2,26-7-5-4-6-8-26)27-10-12-28(13-11-27)43-24-30-25(9-14-31(30)36)22-41-23-29-21-32(39-3)33(44-29)34(38)42-20-17-37-15-18-40-19-16-37/h4-8,10-14,21,25,30H,9,15-20,22-24H2,1-3H3/t25-,30-/m1/s1. The highest BCUT2D eigenvalue weighted by Gasteiger charge is 2.30. The zero-order chi connectivity index (χ0) is 30.9. The van der Waals surface area contributed by atoms with E-state index < -0.39 is 0 Å². The summed E-state index contributed by atoms with van der Waals surface area (Å²) >= 11 is 9.88. The summed E-state index contributed by atoms with van der Waals surface area (Å²) in [6, 6.07) is 21.4. The first-order valence-electron chi connectivity index (χ1n) is 15.2. The molecule has 0 N–H and O–H groups in total. The molecule has 0 radical (unpaired) electrons. The number of allylic oxidation sites excluding steroid dienone is 2. The fourth-order valence-corrected chi connectivity index (χ4v) is 8.18. The van der Waals surface area contributed by atoms with Crippen LogP contribution in [0, 0.1) is 11.8 Å². The van der Waals surface area contributed by atoms with E-state index >= 15 is 0 Å². The molecule has 0 bridgehead atoms. The van der Waals surface area contributed by atoms with Crippen molar-refractivity contribution in [2.75, 3.05) is 58.9 Å². The van der Waals surface area contributed by atoms with Crippen LogP contribution in [-0.4, -0.2) is 69.8 Å². The van der Waals surface area contributed by atoms with Gasteiger partial charge in [0.1, 0.15) is 12.4 Å². The minimum absolute atomic E-state index is 0.0545. The summed E-state index contributed by atoms with van der Waals surface area (Å²) in [5.41, 5.74) is 2.55. The number of thiophene rings is 1. The van der Waals surface area contributed by atoms with E-state index in [9.17, 15) is 4.79 Å². The van der Waals surface area contributed by atoms with Crippen LogP contribution in [0.4, 0.5) is 0 Å². The molecule has 1 aliphatic carbocycles. The summed E-state index contributed by atoms with van der Waals surface area (Å²) in [4.78, 5) is 17.7. The van der Waals surface area contributed by atoms with Gasteiger partial charge in [0, 0.05) is 51.5 Å². The smallest absolute Gasteiger partial charge is 0.352 e. The highest BCUT2D eigenvalue weighted by molar-refractivity contribution is 7.99. The molecule has 44 heavy (non-hydrogen) atoms. The van der Waals surface area contributed by atoms with Gasteiger partial charge >= 0.3 is 5.97 Å². The van der Waals surface area contributed by atoms with E-state index in [0.29, 0.717) is 42.9 Å². The van der Waals surface area contributed by atoms with Crippen LogP contribution in [-0.2, 0) is 26.2 Å². The van der Waals surface area contributed by atoms with Crippen molar-refractivity contribution in [2.24, 2.45) is 11.8 Å². The zero-order valence-electron chi connectivity index (χ0n) is 25.8. The third-order valence-corrected chi connectivity index (χ3v) is 11.2. The number of methoxy groups -OCH3 is 1. The van der Waals surface area contributed by atoms with E-state index in [1.54, 1.807) is 7.11 Å². The second-order valence-electron chi connectivity index (χ2n) is 11.7. The van der Waals surface area contributed by atoms with Crippen molar-refractivity contribution < 1.29 is 23.7 Å². The van der Waals surface area contributed by atoms with Gasteiger partial charge in [0.05, 0.1) is 33.5 Å². The Balaban J connectivity index is 1.09. The van der Waals surface area contributed by atoms with Crippen molar-refractivity contribution >= 4 is 40.7 Å². The van der Waals surface area contributed by atoms with Gasteiger partial charge in [-0.15, -0.1) is 23.1 Å². The van der Waals surface area contributed by atoms with Crippen molar-refractivity contribution in [1.82, 2.24) is 4.90 Å². The minimum atomic E-state index is -0.355. The fraction of sp³-hybridized carbons (Fsp3) is 0.457. The molecule has 1 saturated heterocycles. The van der Waals surface area contributed by atoms with Crippen LogP contribution in [0.5, 0.6) is 5.75 Å². The van der Waals surface area contributed by atoms with Gasteiger partial charge in [-0.05, 0) is 41.7 Å². The molecule has 9 heteroatoms. The maximum Gasteiger partial charge on any atom is 0.352 e. The predicted molar refractivity (Wildman–Crippen MR) is 179 cm³/mol. The van der Waals surface area contributed by atoms with Crippen molar-refractivity contribution in [1.29, 1.82) is 0 Å². The Hall–Kier alpha value is -2.33. The summed E-state index contributed by atoms with van der Waals surface area (Å²) in [7, 11) is 1.57. The first kappa shape index (κ1) is 33.0. The summed E-state index contributed by atoms with van der Waals surface area (Å²) < 4.78 is 22.6. The van der Waals surface area contributed by atoms with Gasteiger partial charge in [0.25, 0.3) is 0 Å². The van der Waals surface area contributed by atoms with Gasteiger partial charge in [-0.25, -0.2) is 4.79 Å². The predicted octanol–water partition coefficient (Wildman–Crippen LogP) is 7.64. The van der Waals surface area contributed by atoms with Crippen molar-refractivity contribution in [3.8, 4) is 5.75 Å². The van der Waals surface area contributed by atoms with Crippen LogP contribution in [0.2, 0.25) is 0 Å². The molecule has 0 saturated carbocycles. The highest BCUT2D eigenvalue weighted by atomic mass is 35.5. The number of halogens is 1. The molecule has 1 aliphatic heterocycles. The van der Waals surface area contributed by atoms with Crippen LogP contribution in [0.1, 0.15) is 45.9 Å². The monoisotopic (exact) mass is 655 g/mol. The fourth-order valence-electron chi connectivity index (χ4n) is 5.64. The van der Waals surface area contributed by atoms with E-state index in [1.165, 1.54) is 27.4 Å². The van der Waals surface area contributed by atoms with Crippen LogP contribution >= 0.6 is 34.7 Å². The molecule has 6 nitrogen and oxygen atoms in total. The Bertz CT molecular complexity index is 1390. The third kappa shape index (κ3) is 8.47. The van der Waals surface area contributed by atoms with Gasteiger partial charge in [-0.3, -0.25) is 4.90 Å². The molecular weight excluding hydrogens is 614 g/mol. The average Bonchev–Trinajstić information content (AvgIpc) is 3.63. The quantitative estimate of drug-likeness (QED) is 0.131. The largest absolute Gasteiger partial charge is 0.495 e. The van der Waals surface area contributed by atoms with Crippen molar-refractivity contribution in [3.63, 3.8) is 0 Å². The summed E-state index contributed by atoms with van der Waals surface area (Å²) in [5.74, 6) is 1.64. The van der Waals surface area contributed by atoms with Gasteiger partial charge < -0.3 is 18.9 Å². The van der Waals surface area contributed by atoms with E-state index in [1.807, 2.05) is 17.8 Å².